The zero-order chi connectivity index (χ0) is 14.5. The molecule has 4 nitrogen and oxygen atoms in total. The van der Waals surface area contributed by atoms with Gasteiger partial charge in [-0.3, -0.25) is 9.59 Å². The van der Waals surface area contributed by atoms with E-state index in [0.29, 0.717) is 5.56 Å². The Morgan fingerprint density at radius 1 is 1.25 bits per heavy atom. The number of methoxy groups -OCH3 is 1. The molecule has 4 heteroatoms. The van der Waals surface area contributed by atoms with E-state index < -0.39 is 0 Å². The lowest BCUT2D eigenvalue weighted by molar-refractivity contribution is -0.141. The molecule has 0 unspecified atom stereocenters. The number of esters is 1. The monoisotopic (exact) mass is 275 g/mol. The topological polar surface area (TPSA) is 46.6 Å². The van der Waals surface area contributed by atoms with Crippen LogP contribution in [0.5, 0.6) is 0 Å². The second kappa shape index (κ2) is 6.55. The minimum atomic E-state index is -0.362. The average Bonchev–Trinajstić information content (AvgIpc) is 2.98. The van der Waals surface area contributed by atoms with Crippen molar-refractivity contribution < 1.29 is 14.3 Å². The van der Waals surface area contributed by atoms with E-state index >= 15 is 0 Å². The van der Waals surface area contributed by atoms with Gasteiger partial charge in [0.1, 0.15) is 6.54 Å². The number of hydrogen-bond acceptors (Lipinski definition) is 3. The van der Waals surface area contributed by atoms with Crippen molar-refractivity contribution in [1.82, 2.24) is 4.90 Å². The molecule has 0 aromatic heterocycles. The van der Waals surface area contributed by atoms with Crippen molar-refractivity contribution >= 4 is 11.9 Å². The molecule has 0 heterocycles. The van der Waals surface area contributed by atoms with Crippen LogP contribution in [0.25, 0.3) is 0 Å². The molecule has 0 saturated heterocycles. The van der Waals surface area contributed by atoms with Gasteiger partial charge < -0.3 is 9.64 Å². The van der Waals surface area contributed by atoms with Crippen LogP contribution in [0.3, 0.4) is 0 Å². The van der Waals surface area contributed by atoms with Crippen LogP contribution in [0.1, 0.15) is 41.6 Å². The highest BCUT2D eigenvalue weighted by Crippen LogP contribution is 2.25. The predicted octanol–water partition coefficient (Wildman–Crippen LogP) is 2.55. The highest BCUT2D eigenvalue weighted by atomic mass is 16.5. The lowest BCUT2D eigenvalue weighted by Gasteiger charge is -2.28. The number of carbonyl (C=O) groups is 2. The number of carbonyl (C=O) groups excluding carboxylic acids is 2. The first-order chi connectivity index (χ1) is 9.63. The molecule has 1 saturated carbocycles. The normalized spacial score (nSPS) is 15.1. The van der Waals surface area contributed by atoms with Gasteiger partial charge in [0.15, 0.2) is 0 Å². The molecule has 1 fully saturated rings. The van der Waals surface area contributed by atoms with Gasteiger partial charge in [0.25, 0.3) is 5.91 Å². The van der Waals surface area contributed by atoms with E-state index in [0.717, 1.165) is 31.2 Å². The third kappa shape index (κ3) is 3.18. The third-order valence-corrected chi connectivity index (χ3v) is 3.93. The maximum atomic E-state index is 12.7. The van der Waals surface area contributed by atoms with Gasteiger partial charge in [-0.1, -0.05) is 31.0 Å². The Morgan fingerprint density at radius 2 is 1.90 bits per heavy atom. The quantitative estimate of drug-likeness (QED) is 0.793. The Hall–Kier alpha value is -1.84. The van der Waals surface area contributed by atoms with E-state index in [1.54, 1.807) is 4.90 Å². The number of nitrogens with zero attached hydrogens (tertiary/aromatic N) is 1. The molecule has 0 spiro atoms. The van der Waals surface area contributed by atoms with Crippen LogP contribution in [0.2, 0.25) is 0 Å². The number of rotatable bonds is 4. The minimum Gasteiger partial charge on any atom is -0.468 e. The van der Waals surface area contributed by atoms with Crippen LogP contribution in [0, 0.1) is 6.92 Å². The van der Waals surface area contributed by atoms with Crippen molar-refractivity contribution in [3.63, 3.8) is 0 Å². The number of aryl methyl sites for hydroxylation is 1. The summed E-state index contributed by atoms with van der Waals surface area (Å²) in [6.07, 6.45) is 4.16. The maximum Gasteiger partial charge on any atom is 0.325 e. The molecule has 0 aliphatic heterocycles. The lowest BCUT2D eigenvalue weighted by Crippen LogP contribution is -2.42. The first kappa shape index (κ1) is 14.6. The molecule has 1 aromatic rings. The van der Waals surface area contributed by atoms with Gasteiger partial charge in [0.05, 0.1) is 7.11 Å². The molecule has 1 aliphatic rings. The third-order valence-electron chi connectivity index (χ3n) is 3.93. The van der Waals surface area contributed by atoms with E-state index in [1.807, 2.05) is 31.2 Å². The SMILES string of the molecule is COC(=O)CN(C(=O)c1ccccc1C)C1CCCC1. The van der Waals surface area contributed by atoms with Crippen LogP contribution < -0.4 is 0 Å². The van der Waals surface area contributed by atoms with E-state index in [1.165, 1.54) is 7.11 Å². The van der Waals surface area contributed by atoms with Crippen molar-refractivity contribution in [2.75, 3.05) is 13.7 Å². The number of amides is 1. The van der Waals surface area contributed by atoms with Gasteiger partial charge >= 0.3 is 5.97 Å². The molecule has 0 bridgehead atoms. The predicted molar refractivity (Wildman–Crippen MR) is 76.5 cm³/mol. The van der Waals surface area contributed by atoms with Gasteiger partial charge in [-0.15, -0.1) is 0 Å². The van der Waals surface area contributed by atoms with Crippen LogP contribution in [0.15, 0.2) is 24.3 Å². The van der Waals surface area contributed by atoms with Crippen molar-refractivity contribution in [3.05, 3.63) is 35.4 Å². The van der Waals surface area contributed by atoms with E-state index in [9.17, 15) is 9.59 Å². The molecule has 0 atom stereocenters. The first-order valence-electron chi connectivity index (χ1n) is 7.07. The second-order valence-corrected chi connectivity index (χ2v) is 5.26. The Morgan fingerprint density at radius 3 is 2.50 bits per heavy atom. The fraction of sp³-hybridized carbons (Fsp3) is 0.500. The molecule has 20 heavy (non-hydrogen) atoms. The van der Waals surface area contributed by atoms with E-state index in [2.05, 4.69) is 0 Å². The standard InChI is InChI=1S/C16H21NO3/c1-12-7-3-6-10-14(12)16(19)17(11-15(18)20-2)13-8-4-5-9-13/h3,6-7,10,13H,4-5,8-9,11H2,1-2H3. The zero-order valence-corrected chi connectivity index (χ0v) is 12.1. The number of hydrogen-bond donors (Lipinski definition) is 0. The molecule has 108 valence electrons. The summed E-state index contributed by atoms with van der Waals surface area (Å²) in [6.45, 7) is 1.95. The molecule has 0 radical (unpaired) electrons. The summed E-state index contributed by atoms with van der Waals surface area (Å²) in [4.78, 5) is 26.0. The molecule has 2 rings (SSSR count). The smallest absolute Gasteiger partial charge is 0.325 e. The summed E-state index contributed by atoms with van der Waals surface area (Å²) >= 11 is 0. The Labute approximate surface area is 119 Å². The van der Waals surface area contributed by atoms with Gasteiger partial charge in [0.2, 0.25) is 0 Å². The van der Waals surface area contributed by atoms with Gasteiger partial charge in [-0.25, -0.2) is 0 Å². The molecule has 1 aromatic carbocycles. The highest BCUT2D eigenvalue weighted by molar-refractivity contribution is 5.97. The molecule has 1 aliphatic carbocycles. The van der Waals surface area contributed by atoms with Crippen LogP contribution in [-0.4, -0.2) is 36.5 Å². The number of benzene rings is 1. The van der Waals surface area contributed by atoms with Crippen molar-refractivity contribution in [1.29, 1.82) is 0 Å². The molecular formula is C16H21NO3. The summed E-state index contributed by atoms with van der Waals surface area (Å²) in [5, 5.41) is 0. The van der Waals surface area contributed by atoms with Crippen LogP contribution in [0.4, 0.5) is 0 Å². The molecular weight excluding hydrogens is 254 g/mol. The Bertz CT molecular complexity index is 492. The minimum absolute atomic E-state index is 0.0360. The lowest BCUT2D eigenvalue weighted by atomic mass is 10.1. The fourth-order valence-corrected chi connectivity index (χ4v) is 2.75. The average molecular weight is 275 g/mol. The van der Waals surface area contributed by atoms with Crippen LogP contribution in [-0.2, 0) is 9.53 Å². The summed E-state index contributed by atoms with van der Waals surface area (Å²) in [5.74, 6) is -0.431. The van der Waals surface area contributed by atoms with Crippen LogP contribution >= 0.6 is 0 Å². The number of ether oxygens (including phenoxy) is 1. The van der Waals surface area contributed by atoms with Gasteiger partial charge in [-0.05, 0) is 31.4 Å². The summed E-state index contributed by atoms with van der Waals surface area (Å²) < 4.78 is 4.72. The Kier molecular flexibility index (Phi) is 4.77. The van der Waals surface area contributed by atoms with Crippen molar-refractivity contribution in [2.24, 2.45) is 0 Å². The van der Waals surface area contributed by atoms with Crippen molar-refractivity contribution in [3.8, 4) is 0 Å². The fourth-order valence-electron chi connectivity index (χ4n) is 2.75. The molecule has 0 N–H and O–H groups in total. The maximum absolute atomic E-state index is 12.7. The summed E-state index contributed by atoms with van der Waals surface area (Å²) in [5.41, 5.74) is 1.61. The first-order valence-corrected chi connectivity index (χ1v) is 7.07. The van der Waals surface area contributed by atoms with E-state index in [4.69, 9.17) is 4.74 Å². The highest BCUT2D eigenvalue weighted by Gasteiger charge is 2.29. The van der Waals surface area contributed by atoms with Gasteiger partial charge in [-0.2, -0.15) is 0 Å². The zero-order valence-electron chi connectivity index (χ0n) is 12.1. The van der Waals surface area contributed by atoms with Gasteiger partial charge in [0, 0.05) is 11.6 Å². The summed E-state index contributed by atoms with van der Waals surface area (Å²) in [7, 11) is 1.35. The van der Waals surface area contributed by atoms with E-state index in [-0.39, 0.29) is 24.5 Å². The molecule has 1 amide bonds. The summed E-state index contributed by atoms with van der Waals surface area (Å²) in [6, 6.07) is 7.65. The largest absolute Gasteiger partial charge is 0.468 e. The second-order valence-electron chi connectivity index (χ2n) is 5.26. The van der Waals surface area contributed by atoms with Crippen molar-refractivity contribution in [2.45, 2.75) is 38.6 Å². The Balaban J connectivity index is 2.23.